The fourth-order valence-corrected chi connectivity index (χ4v) is 5.16. The summed E-state index contributed by atoms with van der Waals surface area (Å²) >= 11 is 0. The van der Waals surface area contributed by atoms with Gasteiger partial charge < -0.3 is 4.74 Å². The Balaban J connectivity index is 1.71. The summed E-state index contributed by atoms with van der Waals surface area (Å²) in [6, 6.07) is 8.08. The molecule has 0 aromatic heterocycles. The third kappa shape index (κ3) is 3.15. The standard InChI is InChI=1S/C16H23NO3S/c1-13-16-7-3-2-5-14(16)8-10-17(13)21(18,19)12-9-15-6-4-11-20-15/h2-3,5,7,13,15H,4,6,8-12H2,1H3/t13-,15+/m0/s1. The molecule has 1 aromatic rings. The second-order valence-corrected chi connectivity index (χ2v) is 8.02. The van der Waals surface area contributed by atoms with E-state index < -0.39 is 10.0 Å². The van der Waals surface area contributed by atoms with Crippen LogP contribution in [0.1, 0.15) is 43.4 Å². The maximum atomic E-state index is 12.6. The fourth-order valence-electron chi connectivity index (χ4n) is 3.40. The zero-order valence-electron chi connectivity index (χ0n) is 12.5. The average Bonchev–Trinajstić information content (AvgIpc) is 2.99. The molecule has 0 spiro atoms. The van der Waals surface area contributed by atoms with Crippen molar-refractivity contribution in [1.82, 2.24) is 4.31 Å². The van der Waals surface area contributed by atoms with E-state index in [-0.39, 0.29) is 17.9 Å². The van der Waals surface area contributed by atoms with Gasteiger partial charge in [-0.3, -0.25) is 0 Å². The molecule has 0 N–H and O–H groups in total. The molecule has 0 radical (unpaired) electrons. The zero-order chi connectivity index (χ0) is 14.9. The number of nitrogens with zero attached hydrogens (tertiary/aromatic N) is 1. The minimum atomic E-state index is -3.21. The molecular formula is C16H23NO3S. The molecule has 1 aromatic carbocycles. The Bertz CT molecular complexity index is 593. The van der Waals surface area contributed by atoms with E-state index in [1.807, 2.05) is 25.1 Å². The first-order valence-electron chi connectivity index (χ1n) is 7.77. The molecule has 0 aliphatic carbocycles. The van der Waals surface area contributed by atoms with E-state index in [1.165, 1.54) is 5.56 Å². The molecule has 1 saturated heterocycles. The maximum absolute atomic E-state index is 12.6. The van der Waals surface area contributed by atoms with E-state index in [0.717, 1.165) is 31.4 Å². The number of hydrogen-bond donors (Lipinski definition) is 0. The SMILES string of the molecule is C[C@H]1c2ccccc2CCN1S(=O)(=O)CC[C@H]1CCCO1. The van der Waals surface area contributed by atoms with Gasteiger partial charge in [0.1, 0.15) is 0 Å². The first kappa shape index (κ1) is 15.0. The van der Waals surface area contributed by atoms with Crippen LogP contribution in [0.15, 0.2) is 24.3 Å². The number of benzene rings is 1. The van der Waals surface area contributed by atoms with Crippen LogP contribution in [0.4, 0.5) is 0 Å². The normalized spacial score (nSPS) is 26.7. The van der Waals surface area contributed by atoms with E-state index in [0.29, 0.717) is 13.0 Å². The molecule has 116 valence electrons. The molecule has 21 heavy (non-hydrogen) atoms. The van der Waals surface area contributed by atoms with Crippen LogP contribution in [-0.4, -0.2) is 37.7 Å². The number of fused-ring (bicyclic) bond motifs is 1. The maximum Gasteiger partial charge on any atom is 0.214 e. The fraction of sp³-hybridized carbons (Fsp3) is 0.625. The van der Waals surface area contributed by atoms with Crippen molar-refractivity contribution in [2.24, 2.45) is 0 Å². The smallest absolute Gasteiger partial charge is 0.214 e. The molecule has 0 unspecified atom stereocenters. The van der Waals surface area contributed by atoms with Crippen LogP contribution in [0.5, 0.6) is 0 Å². The molecule has 0 bridgehead atoms. The quantitative estimate of drug-likeness (QED) is 0.858. The van der Waals surface area contributed by atoms with Crippen molar-refractivity contribution in [3.8, 4) is 0 Å². The Hall–Kier alpha value is -0.910. The van der Waals surface area contributed by atoms with E-state index >= 15 is 0 Å². The topological polar surface area (TPSA) is 46.6 Å². The Morgan fingerprint density at radius 1 is 1.33 bits per heavy atom. The van der Waals surface area contributed by atoms with Gasteiger partial charge in [0, 0.05) is 19.2 Å². The van der Waals surface area contributed by atoms with Crippen LogP contribution >= 0.6 is 0 Å². The molecule has 1 fully saturated rings. The van der Waals surface area contributed by atoms with Crippen LogP contribution < -0.4 is 0 Å². The molecule has 5 heteroatoms. The molecule has 2 atom stereocenters. The summed E-state index contributed by atoms with van der Waals surface area (Å²) in [4.78, 5) is 0. The van der Waals surface area contributed by atoms with E-state index in [1.54, 1.807) is 4.31 Å². The molecule has 2 aliphatic rings. The Morgan fingerprint density at radius 3 is 2.90 bits per heavy atom. The van der Waals surface area contributed by atoms with Crippen molar-refractivity contribution in [3.05, 3.63) is 35.4 Å². The highest BCUT2D eigenvalue weighted by molar-refractivity contribution is 7.89. The molecule has 3 rings (SSSR count). The summed E-state index contributed by atoms with van der Waals surface area (Å²) in [6.07, 6.45) is 3.60. The van der Waals surface area contributed by atoms with Crippen LogP contribution in [0.25, 0.3) is 0 Å². The van der Waals surface area contributed by atoms with Crippen LogP contribution in [0.3, 0.4) is 0 Å². The summed E-state index contributed by atoms with van der Waals surface area (Å²) in [5.74, 6) is 0.199. The first-order chi connectivity index (χ1) is 10.1. The summed E-state index contributed by atoms with van der Waals surface area (Å²) in [5.41, 5.74) is 2.42. The summed E-state index contributed by atoms with van der Waals surface area (Å²) < 4.78 is 32.5. The van der Waals surface area contributed by atoms with Gasteiger partial charge in [-0.1, -0.05) is 24.3 Å². The second-order valence-electron chi connectivity index (χ2n) is 5.98. The third-order valence-corrected chi connectivity index (χ3v) is 6.58. The molecule has 0 amide bonds. The van der Waals surface area contributed by atoms with Crippen LogP contribution in [0, 0.1) is 0 Å². The van der Waals surface area contributed by atoms with Crippen LogP contribution in [0.2, 0.25) is 0 Å². The van der Waals surface area contributed by atoms with Gasteiger partial charge in [-0.15, -0.1) is 0 Å². The van der Waals surface area contributed by atoms with E-state index in [9.17, 15) is 8.42 Å². The second kappa shape index (κ2) is 6.07. The highest BCUT2D eigenvalue weighted by atomic mass is 32.2. The lowest BCUT2D eigenvalue weighted by Gasteiger charge is -2.34. The average molecular weight is 309 g/mol. The van der Waals surface area contributed by atoms with E-state index in [2.05, 4.69) is 6.07 Å². The van der Waals surface area contributed by atoms with Crippen molar-refractivity contribution in [3.63, 3.8) is 0 Å². The molecular weight excluding hydrogens is 286 g/mol. The lowest BCUT2D eigenvalue weighted by molar-refractivity contribution is 0.108. The van der Waals surface area contributed by atoms with Crippen molar-refractivity contribution in [2.45, 2.75) is 44.8 Å². The van der Waals surface area contributed by atoms with Crippen molar-refractivity contribution in [2.75, 3.05) is 18.9 Å². The van der Waals surface area contributed by atoms with Gasteiger partial charge in [0.2, 0.25) is 10.0 Å². The van der Waals surface area contributed by atoms with Gasteiger partial charge in [-0.2, -0.15) is 4.31 Å². The number of ether oxygens (including phenoxy) is 1. The minimum absolute atomic E-state index is 0.0653. The lowest BCUT2D eigenvalue weighted by atomic mass is 9.96. The summed E-state index contributed by atoms with van der Waals surface area (Å²) in [5, 5.41) is 0. The van der Waals surface area contributed by atoms with Crippen LogP contribution in [-0.2, 0) is 21.2 Å². The van der Waals surface area contributed by atoms with Gasteiger partial charge >= 0.3 is 0 Å². The number of hydrogen-bond acceptors (Lipinski definition) is 3. The molecule has 0 saturated carbocycles. The highest BCUT2D eigenvalue weighted by Crippen LogP contribution is 2.31. The Labute approximate surface area is 127 Å². The van der Waals surface area contributed by atoms with Gasteiger partial charge in [0.15, 0.2) is 0 Å². The van der Waals surface area contributed by atoms with Crippen molar-refractivity contribution >= 4 is 10.0 Å². The summed E-state index contributed by atoms with van der Waals surface area (Å²) in [6.45, 7) is 3.35. The lowest BCUT2D eigenvalue weighted by Crippen LogP contribution is -2.40. The molecule has 4 nitrogen and oxygen atoms in total. The van der Waals surface area contributed by atoms with Gasteiger partial charge in [-0.05, 0) is 43.7 Å². The predicted molar refractivity (Wildman–Crippen MR) is 82.6 cm³/mol. The predicted octanol–water partition coefficient (Wildman–Crippen LogP) is 2.50. The highest BCUT2D eigenvalue weighted by Gasteiger charge is 2.33. The van der Waals surface area contributed by atoms with Gasteiger partial charge in [0.25, 0.3) is 0 Å². The Kier molecular flexibility index (Phi) is 4.33. The van der Waals surface area contributed by atoms with Gasteiger partial charge in [0.05, 0.1) is 11.9 Å². The largest absolute Gasteiger partial charge is 0.378 e. The Morgan fingerprint density at radius 2 is 2.14 bits per heavy atom. The zero-order valence-corrected chi connectivity index (χ0v) is 13.3. The van der Waals surface area contributed by atoms with Crippen molar-refractivity contribution in [1.29, 1.82) is 0 Å². The number of sulfonamides is 1. The summed E-state index contributed by atoms with van der Waals surface area (Å²) in [7, 11) is -3.21. The minimum Gasteiger partial charge on any atom is -0.378 e. The third-order valence-electron chi connectivity index (χ3n) is 4.62. The van der Waals surface area contributed by atoms with Crippen molar-refractivity contribution < 1.29 is 13.2 Å². The molecule has 2 aliphatic heterocycles. The molecule has 2 heterocycles. The monoisotopic (exact) mass is 309 g/mol. The number of rotatable bonds is 4. The first-order valence-corrected chi connectivity index (χ1v) is 9.38. The van der Waals surface area contributed by atoms with Gasteiger partial charge in [-0.25, -0.2) is 8.42 Å². The van der Waals surface area contributed by atoms with E-state index in [4.69, 9.17) is 4.74 Å².